The first-order valence-corrected chi connectivity index (χ1v) is 20.1. The average Bonchev–Trinajstić information content (AvgIpc) is 2.98. The topological polar surface area (TPSA) is 104 Å². The summed E-state index contributed by atoms with van der Waals surface area (Å²) in [5.41, 5.74) is 0. The number of nitrogens with one attached hydrogen (secondary N) is 1. The Balaban J connectivity index is 3.74. The molecule has 6 nitrogen and oxygen atoms in total. The molecular formula is C37H71NO5S. The first-order chi connectivity index (χ1) is 21.3. The van der Waals surface area contributed by atoms with Crippen LogP contribution in [-0.4, -0.2) is 41.9 Å². The highest BCUT2D eigenvalue weighted by Gasteiger charge is 2.24. The molecule has 0 aromatic heterocycles. The predicted octanol–water partition coefficient (Wildman–Crippen LogP) is 10.4. The summed E-state index contributed by atoms with van der Waals surface area (Å²) < 4.78 is 32.1. The van der Waals surface area contributed by atoms with Crippen molar-refractivity contribution in [2.24, 2.45) is 0 Å². The van der Waals surface area contributed by atoms with Gasteiger partial charge in [0.05, 0.1) is 17.9 Å². The fourth-order valence-electron chi connectivity index (χ4n) is 5.59. The number of hydrogen-bond acceptors (Lipinski definition) is 4. The van der Waals surface area contributed by atoms with Crippen LogP contribution in [0.25, 0.3) is 0 Å². The summed E-state index contributed by atoms with van der Waals surface area (Å²) in [5.74, 6) is -0.998. The fraction of sp³-hybridized carbons (Fsp3) is 0.865. The Labute approximate surface area is 273 Å². The maximum Gasteiger partial charge on any atom is 0.267 e. The molecule has 2 atom stereocenters. The van der Waals surface area contributed by atoms with Gasteiger partial charge in [-0.1, -0.05) is 179 Å². The number of unbranched alkanes of at least 4 members (excludes halogenated alkanes) is 23. The van der Waals surface area contributed by atoms with Crippen molar-refractivity contribution in [2.45, 2.75) is 199 Å². The third kappa shape index (κ3) is 32.2. The van der Waals surface area contributed by atoms with Gasteiger partial charge >= 0.3 is 0 Å². The molecule has 0 bridgehead atoms. The average molecular weight is 642 g/mol. The van der Waals surface area contributed by atoms with Crippen LogP contribution in [0, 0.1) is 0 Å². The standard InChI is InChI=1S/C37H71NO5S/c1-3-5-7-9-11-12-13-14-15-16-17-18-19-20-21-22-23-24-25-27-29-31-33-37(40)38-35(34-44(41,42)43)36(39)32-30-28-26-10-8-6-4-2/h8,10,30,32,35-36,39H,3-7,9,11-29,31,33-34H2,1-2H3,(H,38,40)(H,41,42,43)/b10-8+,32-30+. The van der Waals surface area contributed by atoms with Crippen molar-refractivity contribution in [2.75, 3.05) is 5.75 Å². The van der Waals surface area contributed by atoms with E-state index in [2.05, 4.69) is 31.3 Å². The molecule has 0 heterocycles. The Morgan fingerprint density at radius 1 is 0.591 bits per heavy atom. The van der Waals surface area contributed by atoms with Crippen molar-refractivity contribution in [1.82, 2.24) is 5.32 Å². The van der Waals surface area contributed by atoms with Gasteiger partial charge in [0.1, 0.15) is 0 Å². The maximum absolute atomic E-state index is 12.4. The second-order valence-corrected chi connectivity index (χ2v) is 14.4. The molecule has 0 rings (SSSR count). The van der Waals surface area contributed by atoms with E-state index in [1.165, 1.54) is 128 Å². The van der Waals surface area contributed by atoms with Crippen molar-refractivity contribution in [3.05, 3.63) is 24.3 Å². The molecule has 0 spiro atoms. The molecule has 7 heteroatoms. The quantitative estimate of drug-likeness (QED) is 0.0376. The molecule has 260 valence electrons. The Bertz CT molecular complexity index is 796. The molecule has 0 radical (unpaired) electrons. The van der Waals surface area contributed by atoms with E-state index < -0.39 is 28.0 Å². The minimum Gasteiger partial charge on any atom is -0.387 e. The van der Waals surface area contributed by atoms with Crippen LogP contribution in [0.4, 0.5) is 0 Å². The van der Waals surface area contributed by atoms with Gasteiger partial charge in [0.2, 0.25) is 5.91 Å². The monoisotopic (exact) mass is 642 g/mol. The first-order valence-electron chi connectivity index (χ1n) is 18.5. The lowest BCUT2D eigenvalue weighted by atomic mass is 10.0. The number of aliphatic hydroxyl groups excluding tert-OH is 1. The molecule has 0 aliphatic rings. The molecule has 0 saturated heterocycles. The van der Waals surface area contributed by atoms with E-state index in [0.29, 0.717) is 12.8 Å². The van der Waals surface area contributed by atoms with Gasteiger partial charge in [0.15, 0.2) is 0 Å². The highest BCUT2D eigenvalue weighted by Crippen LogP contribution is 2.15. The zero-order valence-corrected chi connectivity index (χ0v) is 29.6. The normalized spacial score (nSPS) is 13.6. The number of carbonyl (C=O) groups is 1. The van der Waals surface area contributed by atoms with Gasteiger partial charge in [0.25, 0.3) is 10.1 Å². The van der Waals surface area contributed by atoms with Crippen LogP contribution < -0.4 is 5.32 Å². The zero-order chi connectivity index (χ0) is 32.6. The van der Waals surface area contributed by atoms with Crippen molar-refractivity contribution in [3.8, 4) is 0 Å². The van der Waals surface area contributed by atoms with Gasteiger partial charge in [0, 0.05) is 6.42 Å². The summed E-state index contributed by atoms with van der Waals surface area (Å²) in [7, 11) is -4.34. The van der Waals surface area contributed by atoms with Crippen molar-refractivity contribution < 1.29 is 22.9 Å². The SMILES string of the molecule is CCC/C=C/CC/C=C/C(O)C(CS(=O)(=O)O)NC(=O)CCCCCCCCCCCCCCCCCCCCCCCC. The molecule has 44 heavy (non-hydrogen) atoms. The molecule has 0 aliphatic heterocycles. The van der Waals surface area contributed by atoms with Gasteiger partial charge in [-0.15, -0.1) is 0 Å². The number of rotatable bonds is 33. The molecule has 0 aromatic carbocycles. The lowest BCUT2D eigenvalue weighted by Crippen LogP contribution is -2.46. The molecule has 0 aromatic rings. The zero-order valence-electron chi connectivity index (χ0n) is 28.8. The van der Waals surface area contributed by atoms with E-state index in [-0.39, 0.29) is 5.91 Å². The minimum atomic E-state index is -4.34. The Kier molecular flexibility index (Phi) is 30.9. The molecule has 0 fully saturated rings. The Morgan fingerprint density at radius 3 is 1.39 bits per heavy atom. The van der Waals surface area contributed by atoms with Crippen LogP contribution >= 0.6 is 0 Å². The third-order valence-corrected chi connectivity index (χ3v) is 9.14. The maximum atomic E-state index is 12.4. The highest BCUT2D eigenvalue weighted by atomic mass is 32.2. The molecule has 2 unspecified atom stereocenters. The third-order valence-electron chi connectivity index (χ3n) is 8.36. The van der Waals surface area contributed by atoms with Crippen LogP contribution in [-0.2, 0) is 14.9 Å². The number of aliphatic hydroxyl groups is 1. The number of hydrogen-bond donors (Lipinski definition) is 3. The summed E-state index contributed by atoms with van der Waals surface area (Å²) in [5, 5.41) is 13.0. The van der Waals surface area contributed by atoms with Crippen LogP contribution in [0.1, 0.15) is 187 Å². The van der Waals surface area contributed by atoms with Crippen molar-refractivity contribution in [3.63, 3.8) is 0 Å². The summed E-state index contributed by atoms with van der Waals surface area (Å²) in [6.07, 6.45) is 39.2. The van der Waals surface area contributed by atoms with E-state index in [4.69, 9.17) is 0 Å². The largest absolute Gasteiger partial charge is 0.387 e. The molecule has 0 aliphatic carbocycles. The van der Waals surface area contributed by atoms with Crippen molar-refractivity contribution in [1.29, 1.82) is 0 Å². The molecule has 0 saturated carbocycles. The van der Waals surface area contributed by atoms with E-state index in [0.717, 1.165) is 38.5 Å². The van der Waals surface area contributed by atoms with Gasteiger partial charge in [-0.25, -0.2) is 0 Å². The molecular weight excluding hydrogens is 570 g/mol. The highest BCUT2D eigenvalue weighted by molar-refractivity contribution is 7.85. The van der Waals surface area contributed by atoms with E-state index in [9.17, 15) is 22.9 Å². The molecule has 3 N–H and O–H groups in total. The van der Waals surface area contributed by atoms with Gasteiger partial charge in [-0.2, -0.15) is 8.42 Å². The van der Waals surface area contributed by atoms with E-state index >= 15 is 0 Å². The summed E-state index contributed by atoms with van der Waals surface area (Å²) >= 11 is 0. The Morgan fingerprint density at radius 2 is 0.977 bits per heavy atom. The summed E-state index contributed by atoms with van der Waals surface area (Å²) in [4.78, 5) is 12.4. The first kappa shape index (κ1) is 42.8. The number of allylic oxidation sites excluding steroid dienone is 3. The van der Waals surface area contributed by atoms with E-state index in [1.54, 1.807) is 6.08 Å². The van der Waals surface area contributed by atoms with E-state index in [1.807, 2.05) is 0 Å². The molecule has 1 amide bonds. The van der Waals surface area contributed by atoms with Gasteiger partial charge < -0.3 is 10.4 Å². The minimum absolute atomic E-state index is 0.290. The number of carbonyl (C=O) groups excluding carboxylic acids is 1. The van der Waals surface area contributed by atoms with Crippen molar-refractivity contribution >= 4 is 16.0 Å². The number of amides is 1. The second kappa shape index (κ2) is 31.8. The van der Waals surface area contributed by atoms with Crippen LogP contribution in [0.3, 0.4) is 0 Å². The summed E-state index contributed by atoms with van der Waals surface area (Å²) in [6, 6.07) is -1.07. The van der Waals surface area contributed by atoms with Crippen LogP contribution in [0.15, 0.2) is 24.3 Å². The lowest BCUT2D eigenvalue weighted by Gasteiger charge is -2.21. The predicted molar refractivity (Wildman–Crippen MR) is 189 cm³/mol. The van der Waals surface area contributed by atoms with Gasteiger partial charge in [-0.3, -0.25) is 9.35 Å². The smallest absolute Gasteiger partial charge is 0.267 e. The second-order valence-electron chi connectivity index (χ2n) is 12.9. The fourth-order valence-corrected chi connectivity index (χ4v) is 6.32. The lowest BCUT2D eigenvalue weighted by molar-refractivity contribution is -0.122. The van der Waals surface area contributed by atoms with Crippen LogP contribution in [0.2, 0.25) is 0 Å². The van der Waals surface area contributed by atoms with Crippen LogP contribution in [0.5, 0.6) is 0 Å². The van der Waals surface area contributed by atoms with Gasteiger partial charge in [-0.05, 0) is 25.7 Å². The summed E-state index contributed by atoms with van der Waals surface area (Å²) in [6.45, 7) is 4.40. The Hall–Kier alpha value is -1.18.